The quantitative estimate of drug-likeness (QED) is 0.727. The molecule has 0 unspecified atom stereocenters. The number of fused-ring (bicyclic) bond motifs is 1. The van der Waals surface area contributed by atoms with Gasteiger partial charge in [-0.2, -0.15) is 0 Å². The molecule has 7 heteroatoms. The summed E-state index contributed by atoms with van der Waals surface area (Å²) in [5.41, 5.74) is 2.35. The molecule has 1 aromatic rings. The molecule has 1 aliphatic heterocycles. The van der Waals surface area contributed by atoms with Gasteiger partial charge in [0.1, 0.15) is 0 Å². The maximum Gasteiger partial charge on any atom is 0.321 e. The highest BCUT2D eigenvalue weighted by molar-refractivity contribution is 5.95. The second kappa shape index (κ2) is 10.2. The maximum absolute atomic E-state index is 12.1. The van der Waals surface area contributed by atoms with Crippen molar-refractivity contribution in [3.05, 3.63) is 23.3 Å². The number of rotatable bonds is 8. The smallest absolute Gasteiger partial charge is 0.321 e. The average molecular weight is 377 g/mol. The summed E-state index contributed by atoms with van der Waals surface area (Å²) >= 11 is 0. The summed E-state index contributed by atoms with van der Waals surface area (Å²) < 4.78 is 11.4. The van der Waals surface area contributed by atoms with Crippen LogP contribution in [0, 0.1) is 5.92 Å². The third-order valence-electron chi connectivity index (χ3n) is 4.25. The number of ether oxygens (including phenoxy) is 2. The summed E-state index contributed by atoms with van der Waals surface area (Å²) in [7, 11) is 0. The van der Waals surface area contributed by atoms with Crippen molar-refractivity contribution in [2.45, 2.75) is 40.7 Å². The normalized spacial score (nSPS) is 13.8. The highest BCUT2D eigenvalue weighted by Crippen LogP contribution is 2.33. The van der Waals surface area contributed by atoms with E-state index >= 15 is 0 Å². The predicted molar refractivity (Wildman–Crippen MR) is 104 cm³/mol. The zero-order valence-corrected chi connectivity index (χ0v) is 16.8. The Bertz CT molecular complexity index is 661. The summed E-state index contributed by atoms with van der Waals surface area (Å²) in [6, 6.07) is 3.61. The van der Waals surface area contributed by atoms with Crippen molar-refractivity contribution in [1.82, 2.24) is 15.5 Å². The molecule has 0 saturated heterocycles. The number of nitrogens with zero attached hydrogens (tertiary/aromatic N) is 1. The second-order valence-corrected chi connectivity index (χ2v) is 7.05. The van der Waals surface area contributed by atoms with E-state index in [1.54, 1.807) is 0 Å². The minimum atomic E-state index is -0.439. The van der Waals surface area contributed by atoms with Gasteiger partial charge in [0, 0.05) is 19.6 Å². The molecule has 3 amide bonds. The standard InChI is InChI=1S/C20H31N3O4/c1-5-26-17-9-15-7-8-23(12-16(15)10-18(17)27-6-2)13-19(24)22-20(25)21-11-14(3)4/h9-10,14H,5-8,11-13H2,1-4H3,(H2,21,22,24,25). The monoisotopic (exact) mass is 377 g/mol. The molecule has 27 heavy (non-hydrogen) atoms. The summed E-state index contributed by atoms with van der Waals surface area (Å²) in [4.78, 5) is 25.9. The van der Waals surface area contributed by atoms with E-state index in [1.807, 2.05) is 44.7 Å². The molecule has 1 aromatic carbocycles. The molecule has 0 saturated carbocycles. The van der Waals surface area contributed by atoms with Gasteiger partial charge in [-0.3, -0.25) is 15.0 Å². The van der Waals surface area contributed by atoms with Crippen molar-refractivity contribution in [2.75, 3.05) is 32.8 Å². The molecule has 150 valence electrons. The number of imide groups is 1. The lowest BCUT2D eigenvalue weighted by atomic mass is 9.99. The van der Waals surface area contributed by atoms with Gasteiger partial charge in [0.25, 0.3) is 0 Å². The van der Waals surface area contributed by atoms with Gasteiger partial charge in [-0.05, 0) is 49.4 Å². The average Bonchev–Trinajstić information content (AvgIpc) is 2.61. The van der Waals surface area contributed by atoms with Crippen molar-refractivity contribution >= 4 is 11.9 Å². The third-order valence-corrected chi connectivity index (χ3v) is 4.25. The van der Waals surface area contributed by atoms with Crippen LogP contribution in [0.5, 0.6) is 11.5 Å². The summed E-state index contributed by atoms with van der Waals surface area (Å²) in [6.07, 6.45) is 0.828. The fourth-order valence-corrected chi connectivity index (χ4v) is 3.00. The zero-order chi connectivity index (χ0) is 19.8. The molecule has 0 radical (unpaired) electrons. The van der Waals surface area contributed by atoms with Gasteiger partial charge in [0.05, 0.1) is 19.8 Å². The van der Waals surface area contributed by atoms with Crippen LogP contribution in [0.1, 0.15) is 38.8 Å². The van der Waals surface area contributed by atoms with Gasteiger partial charge < -0.3 is 14.8 Å². The van der Waals surface area contributed by atoms with Gasteiger partial charge in [0.2, 0.25) is 5.91 Å². The van der Waals surface area contributed by atoms with E-state index in [2.05, 4.69) is 10.6 Å². The van der Waals surface area contributed by atoms with Crippen LogP contribution in [0.15, 0.2) is 12.1 Å². The van der Waals surface area contributed by atoms with E-state index in [4.69, 9.17) is 9.47 Å². The highest BCUT2D eigenvalue weighted by Gasteiger charge is 2.22. The molecule has 1 aliphatic rings. The number of amides is 3. The van der Waals surface area contributed by atoms with Crippen molar-refractivity contribution in [3.63, 3.8) is 0 Å². The SMILES string of the molecule is CCOc1cc2c(cc1OCC)CN(CC(=O)NC(=O)NCC(C)C)CC2. The van der Waals surface area contributed by atoms with Crippen molar-refractivity contribution < 1.29 is 19.1 Å². The van der Waals surface area contributed by atoms with Crippen molar-refractivity contribution in [2.24, 2.45) is 5.92 Å². The van der Waals surface area contributed by atoms with Gasteiger partial charge in [-0.15, -0.1) is 0 Å². The fraction of sp³-hybridized carbons (Fsp3) is 0.600. The van der Waals surface area contributed by atoms with Crippen LogP contribution in [0.4, 0.5) is 4.79 Å². The summed E-state index contributed by atoms with van der Waals surface area (Å²) in [5.74, 6) is 1.55. The lowest BCUT2D eigenvalue weighted by molar-refractivity contribution is -0.121. The first-order valence-corrected chi connectivity index (χ1v) is 9.64. The number of hydrogen-bond donors (Lipinski definition) is 2. The van der Waals surface area contributed by atoms with E-state index < -0.39 is 6.03 Å². The first kappa shape index (κ1) is 21.0. The van der Waals surface area contributed by atoms with Crippen molar-refractivity contribution in [3.8, 4) is 11.5 Å². The Hall–Kier alpha value is -2.28. The summed E-state index contributed by atoms with van der Waals surface area (Å²) in [6.45, 7) is 11.2. The van der Waals surface area contributed by atoms with Crippen molar-refractivity contribution in [1.29, 1.82) is 0 Å². The van der Waals surface area contributed by atoms with E-state index in [1.165, 1.54) is 5.56 Å². The molecule has 2 rings (SSSR count). The van der Waals surface area contributed by atoms with E-state index in [-0.39, 0.29) is 12.5 Å². The second-order valence-electron chi connectivity index (χ2n) is 7.05. The topological polar surface area (TPSA) is 79.9 Å². The molecule has 0 aliphatic carbocycles. The van der Waals surface area contributed by atoms with E-state index in [0.717, 1.165) is 30.0 Å². The van der Waals surface area contributed by atoms with Crippen LogP contribution in [0.2, 0.25) is 0 Å². The number of carbonyl (C=O) groups is 2. The largest absolute Gasteiger partial charge is 0.490 e. The first-order valence-electron chi connectivity index (χ1n) is 9.64. The molecular weight excluding hydrogens is 346 g/mol. The lowest BCUT2D eigenvalue weighted by Gasteiger charge is -2.29. The predicted octanol–water partition coefficient (Wildman–Crippen LogP) is 2.32. The minimum absolute atomic E-state index is 0.186. The number of nitrogens with one attached hydrogen (secondary N) is 2. The van der Waals surface area contributed by atoms with Crippen LogP contribution in [-0.2, 0) is 17.8 Å². The van der Waals surface area contributed by atoms with Crippen LogP contribution in [-0.4, -0.2) is 49.7 Å². The Balaban J connectivity index is 1.95. The van der Waals surface area contributed by atoms with Crippen LogP contribution in [0.3, 0.4) is 0 Å². The molecule has 0 atom stereocenters. The molecule has 7 nitrogen and oxygen atoms in total. The van der Waals surface area contributed by atoms with Gasteiger partial charge in [0.15, 0.2) is 11.5 Å². The Kier molecular flexibility index (Phi) is 7.91. The molecule has 2 N–H and O–H groups in total. The summed E-state index contributed by atoms with van der Waals surface area (Å²) in [5, 5.41) is 5.07. The number of benzene rings is 1. The Morgan fingerprint density at radius 2 is 1.74 bits per heavy atom. The third kappa shape index (κ3) is 6.43. The van der Waals surface area contributed by atoms with Crippen LogP contribution in [0.25, 0.3) is 0 Å². The zero-order valence-electron chi connectivity index (χ0n) is 16.8. The maximum atomic E-state index is 12.1. The molecule has 1 heterocycles. The Labute approximate surface area is 161 Å². The van der Waals surface area contributed by atoms with Crippen LogP contribution < -0.4 is 20.1 Å². The molecule has 0 aromatic heterocycles. The van der Waals surface area contributed by atoms with E-state index in [9.17, 15) is 9.59 Å². The highest BCUT2D eigenvalue weighted by atomic mass is 16.5. The molecular formula is C20H31N3O4. The van der Waals surface area contributed by atoms with Crippen LogP contribution >= 0.6 is 0 Å². The molecule has 0 bridgehead atoms. The van der Waals surface area contributed by atoms with Gasteiger partial charge in [-0.25, -0.2) is 4.79 Å². The molecule has 0 fully saturated rings. The molecule has 0 spiro atoms. The van der Waals surface area contributed by atoms with Gasteiger partial charge in [-0.1, -0.05) is 13.8 Å². The number of hydrogen-bond acceptors (Lipinski definition) is 5. The Morgan fingerprint density at radius 1 is 1.11 bits per heavy atom. The first-order chi connectivity index (χ1) is 12.9. The minimum Gasteiger partial charge on any atom is -0.490 e. The fourth-order valence-electron chi connectivity index (χ4n) is 3.00. The lowest BCUT2D eigenvalue weighted by Crippen LogP contribution is -2.46. The number of urea groups is 1. The Morgan fingerprint density at radius 3 is 2.33 bits per heavy atom. The van der Waals surface area contributed by atoms with Gasteiger partial charge >= 0.3 is 6.03 Å². The van der Waals surface area contributed by atoms with E-state index in [0.29, 0.717) is 32.2 Å². The number of carbonyl (C=O) groups excluding carboxylic acids is 2.